The van der Waals surface area contributed by atoms with Crippen molar-refractivity contribution < 1.29 is 22.7 Å². The Bertz CT molecular complexity index is 942. The van der Waals surface area contributed by atoms with Gasteiger partial charge in [0.15, 0.2) is 17.5 Å². The van der Waals surface area contributed by atoms with Crippen molar-refractivity contribution in [2.45, 2.75) is 6.42 Å². The lowest BCUT2D eigenvalue weighted by molar-refractivity contribution is 0.0991. The van der Waals surface area contributed by atoms with Crippen LogP contribution in [-0.4, -0.2) is 17.5 Å². The highest BCUT2D eigenvalue weighted by molar-refractivity contribution is 6.30. The van der Waals surface area contributed by atoms with Crippen molar-refractivity contribution in [1.82, 2.24) is 4.98 Å². The molecule has 0 aliphatic carbocycles. The monoisotopic (exact) mass is 378 g/mol. The Morgan fingerprint density at radius 1 is 1.19 bits per heavy atom. The quantitative estimate of drug-likeness (QED) is 0.703. The zero-order valence-electron chi connectivity index (χ0n) is 13.3. The fourth-order valence-corrected chi connectivity index (χ4v) is 2.42. The first-order valence-electron chi connectivity index (χ1n) is 7.56. The summed E-state index contributed by atoms with van der Waals surface area (Å²) in [7, 11) is 0. The summed E-state index contributed by atoms with van der Waals surface area (Å²) in [4.78, 5) is 15.4. The largest absolute Gasteiger partial charge is 0.490 e. The average Bonchev–Trinajstić information content (AvgIpc) is 3.06. The predicted octanol–water partition coefficient (Wildman–Crippen LogP) is 3.99. The minimum Gasteiger partial charge on any atom is -0.490 e. The third kappa shape index (κ3) is 3.83. The second-order valence-corrected chi connectivity index (χ2v) is 5.77. The molecular weight excluding hydrogens is 366 g/mol. The second-order valence-electron chi connectivity index (χ2n) is 5.33. The minimum absolute atomic E-state index is 0.0152. The van der Waals surface area contributed by atoms with Crippen LogP contribution in [0.1, 0.15) is 16.2 Å². The van der Waals surface area contributed by atoms with Crippen molar-refractivity contribution in [2.24, 2.45) is 5.73 Å². The first kappa shape index (κ1) is 17.9. The lowest BCUT2D eigenvalue weighted by Crippen LogP contribution is -2.16. The minimum atomic E-state index is -1.20. The first-order chi connectivity index (χ1) is 12.5. The summed E-state index contributed by atoms with van der Waals surface area (Å²) in [6.45, 7) is 0.0152. The summed E-state index contributed by atoms with van der Waals surface area (Å²) in [5.74, 6) is -3.27. The molecule has 0 saturated carbocycles. The number of hydrogen-bond acceptors (Lipinski definition) is 4. The number of ether oxygens (including phenoxy) is 1. The van der Waals surface area contributed by atoms with Crippen molar-refractivity contribution >= 4 is 17.5 Å². The van der Waals surface area contributed by atoms with E-state index < -0.39 is 23.1 Å². The van der Waals surface area contributed by atoms with Crippen molar-refractivity contribution in [3.8, 4) is 17.0 Å². The zero-order chi connectivity index (χ0) is 18.7. The van der Waals surface area contributed by atoms with E-state index in [1.807, 2.05) is 0 Å². The van der Waals surface area contributed by atoms with E-state index in [1.165, 1.54) is 6.26 Å². The molecule has 134 valence electrons. The maximum atomic E-state index is 14.1. The number of carbonyl (C=O) groups excluding carboxylic acids is 1. The Hall–Kier alpha value is -2.93. The van der Waals surface area contributed by atoms with Gasteiger partial charge in [-0.1, -0.05) is 23.7 Å². The van der Waals surface area contributed by atoms with E-state index in [4.69, 9.17) is 26.5 Å². The van der Waals surface area contributed by atoms with Gasteiger partial charge in [0, 0.05) is 10.6 Å². The highest BCUT2D eigenvalue weighted by Gasteiger charge is 2.19. The molecule has 0 fully saturated rings. The summed E-state index contributed by atoms with van der Waals surface area (Å²) < 4.78 is 38.1. The maximum absolute atomic E-state index is 14.1. The average molecular weight is 379 g/mol. The van der Waals surface area contributed by atoms with Crippen LogP contribution in [0.3, 0.4) is 0 Å². The van der Waals surface area contributed by atoms with E-state index in [9.17, 15) is 13.6 Å². The first-order valence-corrected chi connectivity index (χ1v) is 7.94. The standard InChI is InChI=1S/C18H13ClF2N2O3/c19-11-3-1-10(2-4-11)13-9-26-15(23-13)7-8-25-14-6-5-12(20)16(17(14)21)18(22)24/h1-6,9H,7-8H2,(H2,22,24). The van der Waals surface area contributed by atoms with Gasteiger partial charge in [0.05, 0.1) is 13.0 Å². The lowest BCUT2D eigenvalue weighted by Gasteiger charge is -2.08. The van der Waals surface area contributed by atoms with E-state index in [2.05, 4.69) is 4.98 Å². The Morgan fingerprint density at radius 3 is 2.62 bits per heavy atom. The Balaban J connectivity index is 1.65. The van der Waals surface area contributed by atoms with Gasteiger partial charge in [0.2, 0.25) is 0 Å². The van der Waals surface area contributed by atoms with E-state index in [1.54, 1.807) is 24.3 Å². The SMILES string of the molecule is NC(=O)c1c(F)ccc(OCCc2nc(-c3ccc(Cl)cc3)co2)c1F. The van der Waals surface area contributed by atoms with Gasteiger partial charge in [-0.05, 0) is 24.3 Å². The predicted molar refractivity (Wildman–Crippen MR) is 91.0 cm³/mol. The van der Waals surface area contributed by atoms with Crippen LogP contribution in [0.15, 0.2) is 47.1 Å². The third-order valence-corrected chi connectivity index (χ3v) is 3.82. The van der Waals surface area contributed by atoms with Crippen LogP contribution >= 0.6 is 11.6 Å². The van der Waals surface area contributed by atoms with Crippen molar-refractivity contribution in [1.29, 1.82) is 0 Å². The van der Waals surface area contributed by atoms with Crippen LogP contribution in [-0.2, 0) is 6.42 Å². The molecule has 0 atom stereocenters. The number of halogens is 3. The maximum Gasteiger partial charge on any atom is 0.254 e. The van der Waals surface area contributed by atoms with Crippen LogP contribution in [0.5, 0.6) is 5.75 Å². The molecule has 0 unspecified atom stereocenters. The Kier molecular flexibility index (Phi) is 5.18. The van der Waals surface area contributed by atoms with Gasteiger partial charge in [-0.25, -0.2) is 13.8 Å². The highest BCUT2D eigenvalue weighted by atomic mass is 35.5. The summed E-state index contributed by atoms with van der Waals surface area (Å²) in [5.41, 5.74) is 5.59. The molecule has 3 rings (SSSR count). The topological polar surface area (TPSA) is 78.4 Å². The van der Waals surface area contributed by atoms with E-state index in [0.29, 0.717) is 16.6 Å². The summed E-state index contributed by atoms with van der Waals surface area (Å²) in [6.07, 6.45) is 1.73. The van der Waals surface area contributed by atoms with Crippen LogP contribution in [0.4, 0.5) is 8.78 Å². The molecule has 0 saturated heterocycles. The fourth-order valence-electron chi connectivity index (χ4n) is 2.30. The number of benzene rings is 2. The summed E-state index contributed by atoms with van der Waals surface area (Å²) in [6, 6.07) is 9.09. The molecule has 3 aromatic rings. The zero-order valence-corrected chi connectivity index (χ0v) is 14.1. The molecular formula is C18H13ClF2N2O3. The van der Waals surface area contributed by atoms with Crippen LogP contribution in [0, 0.1) is 11.6 Å². The Labute approximate surface area is 152 Å². The molecule has 8 heteroatoms. The van der Waals surface area contributed by atoms with Crippen molar-refractivity contribution in [2.75, 3.05) is 6.61 Å². The number of oxazole rings is 1. The number of primary amides is 1. The molecule has 1 amide bonds. The number of carbonyl (C=O) groups is 1. The summed E-state index contributed by atoms with van der Waals surface area (Å²) in [5, 5.41) is 0.613. The molecule has 0 spiro atoms. The van der Waals surface area contributed by atoms with Gasteiger partial charge in [-0.15, -0.1) is 0 Å². The van der Waals surface area contributed by atoms with Crippen molar-refractivity contribution in [3.63, 3.8) is 0 Å². The number of amides is 1. The molecule has 26 heavy (non-hydrogen) atoms. The number of nitrogens with zero attached hydrogens (tertiary/aromatic N) is 1. The molecule has 0 bridgehead atoms. The molecule has 0 aliphatic heterocycles. The smallest absolute Gasteiger partial charge is 0.254 e. The van der Waals surface area contributed by atoms with Gasteiger partial charge in [-0.3, -0.25) is 4.79 Å². The molecule has 1 aromatic heterocycles. The normalized spacial score (nSPS) is 10.7. The van der Waals surface area contributed by atoms with Gasteiger partial charge >= 0.3 is 0 Å². The molecule has 0 radical (unpaired) electrons. The summed E-state index contributed by atoms with van der Waals surface area (Å²) >= 11 is 5.84. The lowest BCUT2D eigenvalue weighted by atomic mass is 10.1. The van der Waals surface area contributed by atoms with E-state index in [-0.39, 0.29) is 18.8 Å². The van der Waals surface area contributed by atoms with E-state index >= 15 is 0 Å². The van der Waals surface area contributed by atoms with Gasteiger partial charge in [-0.2, -0.15) is 0 Å². The molecule has 2 N–H and O–H groups in total. The fraction of sp³-hybridized carbons (Fsp3) is 0.111. The number of aromatic nitrogens is 1. The molecule has 1 heterocycles. The van der Waals surface area contributed by atoms with Crippen LogP contribution in [0.2, 0.25) is 5.02 Å². The Morgan fingerprint density at radius 2 is 1.92 bits per heavy atom. The van der Waals surface area contributed by atoms with Gasteiger partial charge in [0.25, 0.3) is 5.91 Å². The van der Waals surface area contributed by atoms with Gasteiger partial charge in [0.1, 0.15) is 23.3 Å². The second kappa shape index (κ2) is 7.53. The molecule has 5 nitrogen and oxygen atoms in total. The van der Waals surface area contributed by atoms with Crippen molar-refractivity contribution in [3.05, 3.63) is 70.8 Å². The highest BCUT2D eigenvalue weighted by Crippen LogP contribution is 2.24. The third-order valence-electron chi connectivity index (χ3n) is 3.57. The number of rotatable bonds is 6. The van der Waals surface area contributed by atoms with E-state index in [0.717, 1.165) is 17.7 Å². The van der Waals surface area contributed by atoms with Crippen LogP contribution < -0.4 is 10.5 Å². The molecule has 2 aromatic carbocycles. The molecule has 0 aliphatic rings. The number of hydrogen-bond donors (Lipinski definition) is 1. The number of nitrogens with two attached hydrogens (primary N) is 1. The van der Waals surface area contributed by atoms with Crippen LogP contribution in [0.25, 0.3) is 11.3 Å². The van der Waals surface area contributed by atoms with Gasteiger partial charge < -0.3 is 14.9 Å².